The van der Waals surface area contributed by atoms with Gasteiger partial charge in [0.2, 0.25) is 0 Å². The Morgan fingerprint density at radius 1 is 0.875 bits per heavy atom. The molecule has 4 heteroatoms. The van der Waals surface area contributed by atoms with Crippen LogP contribution in [0.4, 0.5) is 15.8 Å². The highest BCUT2D eigenvalue weighted by Gasteiger charge is 2.10. The number of halogens is 1. The van der Waals surface area contributed by atoms with Crippen LogP contribution in [0.15, 0.2) is 66.7 Å². The molecule has 0 spiro atoms. The van der Waals surface area contributed by atoms with E-state index in [1.165, 1.54) is 13.2 Å². The summed E-state index contributed by atoms with van der Waals surface area (Å²) in [5.74, 6) is -0.171. The summed E-state index contributed by atoms with van der Waals surface area (Å²) >= 11 is 0. The van der Waals surface area contributed by atoms with Crippen molar-refractivity contribution in [3.63, 3.8) is 0 Å². The third-order valence-electron chi connectivity index (χ3n) is 4.01. The molecule has 0 saturated carbocycles. The summed E-state index contributed by atoms with van der Waals surface area (Å²) in [6.45, 7) is 0. The molecule has 0 aliphatic carbocycles. The molecular weight excluding hydrogens is 303 g/mol. The Kier molecular flexibility index (Phi) is 3.50. The van der Waals surface area contributed by atoms with Gasteiger partial charge in [0.25, 0.3) is 0 Å². The van der Waals surface area contributed by atoms with E-state index in [0.717, 1.165) is 27.5 Å². The lowest BCUT2D eigenvalue weighted by molar-refractivity contribution is 0.386. The maximum absolute atomic E-state index is 14.0. The second-order valence-corrected chi connectivity index (χ2v) is 5.50. The molecule has 118 valence electrons. The largest absolute Gasteiger partial charge is 0.494 e. The minimum Gasteiger partial charge on any atom is -0.494 e. The molecule has 0 radical (unpaired) electrons. The van der Waals surface area contributed by atoms with Crippen LogP contribution in [0, 0.1) is 5.82 Å². The summed E-state index contributed by atoms with van der Waals surface area (Å²) in [5, 5.41) is 5.33. The summed E-state index contributed by atoms with van der Waals surface area (Å²) < 4.78 is 19.0. The molecule has 1 aromatic heterocycles. The highest BCUT2D eigenvalue weighted by Crippen LogP contribution is 2.33. The maximum atomic E-state index is 14.0. The fraction of sp³-hybridized carbons (Fsp3) is 0.0500. The van der Waals surface area contributed by atoms with Crippen LogP contribution in [-0.4, -0.2) is 12.1 Å². The molecule has 0 aliphatic rings. The number of nitrogens with zero attached hydrogens (tertiary/aromatic N) is 1. The lowest BCUT2D eigenvalue weighted by Gasteiger charge is -2.14. The molecule has 1 heterocycles. The monoisotopic (exact) mass is 318 g/mol. The van der Waals surface area contributed by atoms with E-state index in [-0.39, 0.29) is 5.75 Å². The number of aromatic nitrogens is 1. The molecular formula is C20H15FN2O. The average molecular weight is 318 g/mol. The van der Waals surface area contributed by atoms with Crippen LogP contribution < -0.4 is 10.1 Å². The number of fused-ring (bicyclic) bond motifs is 2. The number of benzene rings is 3. The van der Waals surface area contributed by atoms with Crippen molar-refractivity contribution in [3.05, 3.63) is 72.5 Å². The summed E-state index contributed by atoms with van der Waals surface area (Å²) in [6.07, 6.45) is 0. The average Bonchev–Trinajstić information content (AvgIpc) is 2.62. The van der Waals surface area contributed by atoms with Crippen molar-refractivity contribution in [2.75, 3.05) is 12.4 Å². The molecule has 0 fully saturated rings. The van der Waals surface area contributed by atoms with Gasteiger partial charge >= 0.3 is 0 Å². The predicted octanol–water partition coefficient (Wildman–Crippen LogP) is 5.28. The predicted molar refractivity (Wildman–Crippen MR) is 95.5 cm³/mol. The van der Waals surface area contributed by atoms with Gasteiger partial charge in [0.1, 0.15) is 0 Å². The minimum atomic E-state index is -0.398. The van der Waals surface area contributed by atoms with Crippen LogP contribution >= 0.6 is 0 Å². The zero-order valence-corrected chi connectivity index (χ0v) is 13.1. The number of rotatable bonds is 3. The van der Waals surface area contributed by atoms with Gasteiger partial charge in [-0.05, 0) is 24.3 Å². The standard InChI is InChI=1S/C20H15FN2O/c1-24-19-11-10-13(12-16(19)21)22-20-14-6-2-4-8-17(14)23-18-9-5-3-7-15(18)20/h2-12H,1H3,(H,22,23). The van der Waals surface area contributed by atoms with Crippen LogP contribution in [0.5, 0.6) is 5.75 Å². The van der Waals surface area contributed by atoms with Crippen LogP contribution in [0.25, 0.3) is 21.8 Å². The minimum absolute atomic E-state index is 0.227. The normalized spacial score (nSPS) is 10.9. The van der Waals surface area contributed by atoms with E-state index in [0.29, 0.717) is 5.69 Å². The van der Waals surface area contributed by atoms with Gasteiger partial charge in [0.15, 0.2) is 11.6 Å². The molecule has 3 aromatic carbocycles. The summed E-state index contributed by atoms with van der Waals surface area (Å²) in [6, 6.07) is 20.7. The number of hydrogen-bond acceptors (Lipinski definition) is 3. The molecule has 4 aromatic rings. The van der Waals surface area contributed by atoms with Gasteiger partial charge in [0, 0.05) is 22.5 Å². The van der Waals surface area contributed by atoms with Crippen molar-refractivity contribution in [1.82, 2.24) is 4.98 Å². The molecule has 0 aliphatic heterocycles. The Morgan fingerprint density at radius 3 is 2.08 bits per heavy atom. The topological polar surface area (TPSA) is 34.1 Å². The zero-order valence-electron chi connectivity index (χ0n) is 13.1. The molecule has 24 heavy (non-hydrogen) atoms. The number of nitrogens with one attached hydrogen (secondary N) is 1. The van der Waals surface area contributed by atoms with E-state index in [2.05, 4.69) is 5.32 Å². The van der Waals surface area contributed by atoms with Gasteiger partial charge in [-0.15, -0.1) is 0 Å². The fourth-order valence-electron chi connectivity index (χ4n) is 2.86. The van der Waals surface area contributed by atoms with Gasteiger partial charge in [-0.1, -0.05) is 36.4 Å². The van der Waals surface area contributed by atoms with Crippen LogP contribution in [0.3, 0.4) is 0 Å². The van der Waals surface area contributed by atoms with Gasteiger partial charge in [-0.2, -0.15) is 0 Å². The smallest absolute Gasteiger partial charge is 0.167 e. The number of para-hydroxylation sites is 2. The first-order chi connectivity index (χ1) is 11.8. The molecule has 4 rings (SSSR count). The Hall–Kier alpha value is -3.14. The second-order valence-electron chi connectivity index (χ2n) is 5.50. The second kappa shape index (κ2) is 5.81. The highest BCUT2D eigenvalue weighted by atomic mass is 19.1. The highest BCUT2D eigenvalue weighted by molar-refractivity contribution is 6.08. The third-order valence-corrected chi connectivity index (χ3v) is 4.01. The van der Waals surface area contributed by atoms with Crippen LogP contribution in [0.2, 0.25) is 0 Å². The lowest BCUT2D eigenvalue weighted by Crippen LogP contribution is -1.96. The first kappa shape index (κ1) is 14.5. The Balaban J connectivity index is 1.92. The quantitative estimate of drug-likeness (QED) is 0.522. The Bertz CT molecular complexity index is 992. The van der Waals surface area contributed by atoms with Gasteiger partial charge in [-0.3, -0.25) is 0 Å². The van der Waals surface area contributed by atoms with Crippen molar-refractivity contribution < 1.29 is 9.13 Å². The molecule has 0 saturated heterocycles. The lowest BCUT2D eigenvalue weighted by atomic mass is 10.1. The van der Waals surface area contributed by atoms with Crippen molar-refractivity contribution >= 4 is 33.2 Å². The Morgan fingerprint density at radius 2 is 1.50 bits per heavy atom. The summed E-state index contributed by atoms with van der Waals surface area (Å²) in [5.41, 5.74) is 3.37. The molecule has 0 unspecified atom stereocenters. The first-order valence-corrected chi connectivity index (χ1v) is 7.64. The summed E-state index contributed by atoms with van der Waals surface area (Å²) in [4.78, 5) is 4.69. The SMILES string of the molecule is COc1ccc(Nc2c3ccccc3nc3ccccc23)cc1F. The van der Waals surface area contributed by atoms with Crippen molar-refractivity contribution in [2.24, 2.45) is 0 Å². The number of ether oxygens (including phenoxy) is 1. The molecule has 3 nitrogen and oxygen atoms in total. The van der Waals surface area contributed by atoms with E-state index in [1.807, 2.05) is 48.5 Å². The van der Waals surface area contributed by atoms with E-state index < -0.39 is 5.82 Å². The fourth-order valence-corrected chi connectivity index (χ4v) is 2.86. The van der Waals surface area contributed by atoms with Crippen LogP contribution in [-0.2, 0) is 0 Å². The number of pyridine rings is 1. The van der Waals surface area contributed by atoms with Crippen molar-refractivity contribution in [3.8, 4) is 5.75 Å². The van der Waals surface area contributed by atoms with E-state index in [9.17, 15) is 4.39 Å². The van der Waals surface area contributed by atoms with Crippen molar-refractivity contribution in [1.29, 1.82) is 0 Å². The van der Waals surface area contributed by atoms with Crippen molar-refractivity contribution in [2.45, 2.75) is 0 Å². The molecule has 0 bridgehead atoms. The zero-order chi connectivity index (χ0) is 16.5. The van der Waals surface area contributed by atoms with E-state index in [1.54, 1.807) is 12.1 Å². The van der Waals surface area contributed by atoms with Crippen LogP contribution in [0.1, 0.15) is 0 Å². The molecule has 0 atom stereocenters. The molecule has 1 N–H and O–H groups in total. The number of anilines is 2. The summed E-state index contributed by atoms with van der Waals surface area (Å²) in [7, 11) is 1.45. The van der Waals surface area contributed by atoms with Gasteiger partial charge in [-0.25, -0.2) is 9.37 Å². The Labute approximate surface area is 138 Å². The first-order valence-electron chi connectivity index (χ1n) is 7.64. The number of hydrogen-bond donors (Lipinski definition) is 1. The van der Waals surface area contributed by atoms with E-state index >= 15 is 0 Å². The van der Waals surface area contributed by atoms with Gasteiger partial charge < -0.3 is 10.1 Å². The number of methoxy groups -OCH3 is 1. The van der Waals surface area contributed by atoms with Gasteiger partial charge in [0.05, 0.1) is 23.8 Å². The molecule has 0 amide bonds. The van der Waals surface area contributed by atoms with E-state index in [4.69, 9.17) is 9.72 Å². The third kappa shape index (κ3) is 2.42. The maximum Gasteiger partial charge on any atom is 0.167 e.